The van der Waals surface area contributed by atoms with Crippen molar-refractivity contribution in [3.8, 4) is 11.5 Å². The molecular formula is C25H23Cl2NO4. The second kappa shape index (κ2) is 9.00. The molecule has 0 aromatic heterocycles. The molecule has 0 radical (unpaired) electrons. The fourth-order valence-corrected chi connectivity index (χ4v) is 5.12. The maximum absolute atomic E-state index is 13.2. The van der Waals surface area contributed by atoms with Crippen LogP contribution in [-0.4, -0.2) is 36.3 Å². The minimum absolute atomic E-state index is 0.00310. The molecule has 0 N–H and O–H groups in total. The highest BCUT2D eigenvalue weighted by atomic mass is 35.5. The SMILES string of the molecule is C=C(/C=C\C)Oc1ccc2c3c1C[C@H](C3C)N(CCOc1cc(Cl)c(C=O)c(Cl)c1)C2=O. The Hall–Kier alpha value is -2.76. The maximum Gasteiger partial charge on any atom is 0.254 e. The molecule has 32 heavy (non-hydrogen) atoms. The first-order valence-corrected chi connectivity index (χ1v) is 11.1. The topological polar surface area (TPSA) is 55.8 Å². The van der Waals surface area contributed by atoms with Gasteiger partial charge in [0, 0.05) is 23.1 Å². The van der Waals surface area contributed by atoms with E-state index in [1.807, 2.05) is 36.1 Å². The van der Waals surface area contributed by atoms with Crippen molar-refractivity contribution < 1.29 is 19.1 Å². The van der Waals surface area contributed by atoms with Crippen LogP contribution in [0.25, 0.3) is 0 Å². The second-order valence-corrected chi connectivity index (χ2v) is 8.71. The highest BCUT2D eigenvalue weighted by Crippen LogP contribution is 2.47. The van der Waals surface area contributed by atoms with Crippen LogP contribution in [0.3, 0.4) is 0 Å². The van der Waals surface area contributed by atoms with Gasteiger partial charge in [-0.05, 0) is 49.2 Å². The maximum atomic E-state index is 13.2. The quantitative estimate of drug-likeness (QED) is 0.275. The number of hydrogen-bond acceptors (Lipinski definition) is 4. The fraction of sp³-hybridized carbons (Fsp3) is 0.280. The number of benzene rings is 2. The molecule has 2 bridgehead atoms. The van der Waals surface area contributed by atoms with Crippen LogP contribution in [0.4, 0.5) is 0 Å². The lowest BCUT2D eigenvalue weighted by atomic mass is 9.90. The normalized spacial score (nSPS) is 18.9. The predicted molar refractivity (Wildman–Crippen MR) is 125 cm³/mol. The summed E-state index contributed by atoms with van der Waals surface area (Å²) in [5, 5.41) is 0.460. The first-order valence-electron chi connectivity index (χ1n) is 10.4. The Morgan fingerprint density at radius 1 is 1.28 bits per heavy atom. The molecule has 2 aliphatic rings. The van der Waals surface area contributed by atoms with Gasteiger partial charge in [-0.2, -0.15) is 0 Å². The summed E-state index contributed by atoms with van der Waals surface area (Å²) in [7, 11) is 0. The number of ether oxygens (including phenoxy) is 2. The van der Waals surface area contributed by atoms with Crippen LogP contribution in [0.15, 0.2) is 48.8 Å². The van der Waals surface area contributed by atoms with E-state index in [1.54, 1.807) is 12.1 Å². The third-order valence-electron chi connectivity index (χ3n) is 6.02. The van der Waals surface area contributed by atoms with Gasteiger partial charge < -0.3 is 14.4 Å². The Morgan fingerprint density at radius 2 is 2.00 bits per heavy atom. The molecule has 1 unspecified atom stereocenters. The number of rotatable bonds is 8. The van der Waals surface area contributed by atoms with Crippen LogP contribution in [0, 0.1) is 0 Å². The highest BCUT2D eigenvalue weighted by molar-refractivity contribution is 6.38. The Bertz CT molecular complexity index is 1120. The molecule has 0 saturated heterocycles. The Balaban J connectivity index is 1.50. The lowest BCUT2D eigenvalue weighted by Gasteiger charge is -2.36. The van der Waals surface area contributed by atoms with E-state index < -0.39 is 0 Å². The van der Waals surface area contributed by atoms with Gasteiger partial charge in [0.25, 0.3) is 5.91 Å². The average Bonchev–Trinajstić information content (AvgIpc) is 3.04. The summed E-state index contributed by atoms with van der Waals surface area (Å²) in [4.78, 5) is 26.1. The number of carbonyl (C=O) groups is 2. The number of halogens is 2. The number of allylic oxidation sites excluding steroid dienone is 2. The fourth-order valence-electron chi connectivity index (χ4n) is 4.57. The van der Waals surface area contributed by atoms with Gasteiger partial charge in [0.1, 0.15) is 23.9 Å². The smallest absolute Gasteiger partial charge is 0.254 e. The summed E-state index contributed by atoms with van der Waals surface area (Å²) in [5.74, 6) is 1.97. The molecule has 1 heterocycles. The van der Waals surface area contributed by atoms with Crippen LogP contribution in [-0.2, 0) is 6.42 Å². The van der Waals surface area contributed by atoms with E-state index in [4.69, 9.17) is 32.7 Å². The van der Waals surface area contributed by atoms with Gasteiger partial charge in [0.15, 0.2) is 6.29 Å². The minimum atomic E-state index is -0.00310. The lowest BCUT2D eigenvalue weighted by molar-refractivity contribution is 0.0604. The zero-order chi connectivity index (χ0) is 23.0. The van der Waals surface area contributed by atoms with E-state index >= 15 is 0 Å². The molecule has 2 aromatic rings. The van der Waals surface area contributed by atoms with E-state index in [9.17, 15) is 9.59 Å². The monoisotopic (exact) mass is 471 g/mol. The molecule has 1 aliphatic heterocycles. The van der Waals surface area contributed by atoms with E-state index in [1.165, 1.54) is 0 Å². The number of hydrogen-bond donors (Lipinski definition) is 0. The van der Waals surface area contributed by atoms with Crippen LogP contribution in [0.1, 0.15) is 51.6 Å². The first-order chi connectivity index (χ1) is 15.3. The van der Waals surface area contributed by atoms with Crippen LogP contribution in [0.5, 0.6) is 11.5 Å². The van der Waals surface area contributed by atoms with Crippen molar-refractivity contribution >= 4 is 35.4 Å². The first kappa shape index (κ1) is 22.4. The van der Waals surface area contributed by atoms with Gasteiger partial charge in [-0.25, -0.2) is 0 Å². The van der Waals surface area contributed by atoms with Crippen molar-refractivity contribution in [3.05, 3.63) is 81.1 Å². The van der Waals surface area contributed by atoms with Crippen molar-refractivity contribution in [2.24, 2.45) is 0 Å². The molecule has 166 valence electrons. The van der Waals surface area contributed by atoms with Gasteiger partial charge in [-0.1, -0.05) is 42.8 Å². The summed E-state index contributed by atoms with van der Waals surface area (Å²) in [6, 6.07) is 6.83. The van der Waals surface area contributed by atoms with Gasteiger partial charge in [-0.15, -0.1) is 0 Å². The van der Waals surface area contributed by atoms with Gasteiger partial charge in [0.05, 0.1) is 22.2 Å². The molecule has 7 heteroatoms. The molecule has 5 nitrogen and oxygen atoms in total. The van der Waals surface area contributed by atoms with E-state index in [0.29, 0.717) is 29.9 Å². The molecule has 0 spiro atoms. The Morgan fingerprint density at radius 3 is 2.66 bits per heavy atom. The van der Waals surface area contributed by atoms with Crippen molar-refractivity contribution in [2.45, 2.75) is 32.2 Å². The molecule has 1 aliphatic carbocycles. The van der Waals surface area contributed by atoms with Gasteiger partial charge >= 0.3 is 0 Å². The number of nitrogens with zero attached hydrogens (tertiary/aromatic N) is 1. The van der Waals surface area contributed by atoms with Crippen LogP contribution < -0.4 is 9.47 Å². The number of amides is 1. The summed E-state index contributed by atoms with van der Waals surface area (Å²) in [6.07, 6.45) is 5.02. The van der Waals surface area contributed by atoms with Crippen molar-refractivity contribution in [2.75, 3.05) is 13.2 Å². The zero-order valence-electron chi connectivity index (χ0n) is 17.9. The zero-order valence-corrected chi connectivity index (χ0v) is 19.4. The summed E-state index contributed by atoms with van der Waals surface area (Å²) in [5.41, 5.74) is 3.09. The number of fused-ring (bicyclic) bond motifs is 1. The molecule has 2 atom stereocenters. The summed E-state index contributed by atoms with van der Waals surface area (Å²) >= 11 is 12.2. The van der Waals surface area contributed by atoms with Crippen LogP contribution in [0.2, 0.25) is 10.0 Å². The van der Waals surface area contributed by atoms with E-state index in [2.05, 4.69) is 13.5 Å². The van der Waals surface area contributed by atoms with Gasteiger partial charge in [0.2, 0.25) is 0 Å². The Labute approximate surface area is 197 Å². The van der Waals surface area contributed by atoms with Crippen molar-refractivity contribution in [1.82, 2.24) is 4.90 Å². The number of carbonyl (C=O) groups excluding carboxylic acids is 2. The molecule has 0 saturated carbocycles. The Kier molecular flexibility index (Phi) is 6.31. The van der Waals surface area contributed by atoms with Crippen LogP contribution >= 0.6 is 23.2 Å². The largest absolute Gasteiger partial charge is 0.492 e. The van der Waals surface area contributed by atoms with E-state index in [0.717, 1.165) is 23.3 Å². The molecule has 4 rings (SSSR count). The third-order valence-corrected chi connectivity index (χ3v) is 6.64. The summed E-state index contributed by atoms with van der Waals surface area (Å²) < 4.78 is 11.7. The van der Waals surface area contributed by atoms with E-state index in [-0.39, 0.29) is 40.1 Å². The molecule has 0 fully saturated rings. The molecule has 2 aromatic carbocycles. The average molecular weight is 472 g/mol. The highest BCUT2D eigenvalue weighted by Gasteiger charge is 2.45. The molecule has 1 amide bonds. The summed E-state index contributed by atoms with van der Waals surface area (Å²) in [6.45, 7) is 8.66. The standard InChI is InChI=1S/C25H23Cl2NO4/c1-4-5-14(2)32-23-7-6-17-24-15(3)22(12-18(23)24)28(25(17)30)8-9-31-16-10-20(26)19(13-29)21(27)11-16/h4-7,10-11,13,15,22H,2,8-9,12H2,1,3H3/b5-4-/t15?,22-/m1/s1. The number of aldehydes is 1. The second-order valence-electron chi connectivity index (χ2n) is 7.90. The minimum Gasteiger partial charge on any atom is -0.492 e. The van der Waals surface area contributed by atoms with Crippen molar-refractivity contribution in [3.63, 3.8) is 0 Å². The van der Waals surface area contributed by atoms with Gasteiger partial charge in [-0.3, -0.25) is 9.59 Å². The lowest BCUT2D eigenvalue weighted by Crippen LogP contribution is -2.47. The van der Waals surface area contributed by atoms with Crippen molar-refractivity contribution in [1.29, 1.82) is 0 Å². The predicted octanol–water partition coefficient (Wildman–Crippen LogP) is 5.84. The molecular weight excluding hydrogens is 449 g/mol. The third kappa shape index (κ3) is 3.91.